The molecule has 2 atom stereocenters. The molecule has 1 saturated carbocycles. The van der Waals surface area contributed by atoms with Crippen LogP contribution in [-0.4, -0.2) is 44.3 Å². The van der Waals surface area contributed by atoms with Gasteiger partial charge in [0.1, 0.15) is 11.3 Å². The van der Waals surface area contributed by atoms with Crippen molar-refractivity contribution >= 4 is 5.91 Å². The van der Waals surface area contributed by atoms with Gasteiger partial charge in [-0.3, -0.25) is 14.6 Å². The summed E-state index contributed by atoms with van der Waals surface area (Å²) in [5.41, 5.74) is -0.0767. The number of nitrogens with zero attached hydrogens (tertiary/aromatic N) is 3. The van der Waals surface area contributed by atoms with Gasteiger partial charge in [0.25, 0.3) is 11.5 Å². The van der Waals surface area contributed by atoms with Gasteiger partial charge in [0.05, 0.1) is 29.7 Å². The minimum Gasteiger partial charge on any atom is -0.406 e. The second-order valence-electron chi connectivity index (χ2n) is 7.88. The lowest BCUT2D eigenvalue weighted by Crippen LogP contribution is -2.46. The molecular formula is C23H21F3N4O4. The number of rotatable bonds is 5. The van der Waals surface area contributed by atoms with Crippen LogP contribution < -0.4 is 15.6 Å². The van der Waals surface area contributed by atoms with Crippen LogP contribution in [0.4, 0.5) is 13.2 Å². The van der Waals surface area contributed by atoms with Crippen molar-refractivity contribution in [2.75, 3.05) is 0 Å². The molecule has 1 aliphatic carbocycles. The molecule has 0 bridgehead atoms. The molecule has 0 aliphatic heterocycles. The molecule has 2 aromatic heterocycles. The number of aromatic nitrogens is 3. The number of halogens is 3. The number of aliphatic hydroxyl groups is 1. The standard InChI is InChI=1S/C23H21F3N4O4/c24-23(25,26)34-16-9-7-14(8-10-16)19-12-17(21(32)28-18-5-1-2-6-20(18)31)22(33)30(29-19)15-4-3-11-27-13-15/h3-4,7-13,18,20,31H,1-2,5-6H2,(H,28,32). The van der Waals surface area contributed by atoms with E-state index in [1.807, 2.05) is 0 Å². The molecule has 4 rings (SSSR count). The van der Waals surface area contributed by atoms with E-state index in [0.29, 0.717) is 24.1 Å². The third kappa shape index (κ3) is 5.42. The Labute approximate surface area is 192 Å². The van der Waals surface area contributed by atoms with Crippen LogP contribution in [0, 0.1) is 0 Å². The van der Waals surface area contributed by atoms with Crippen molar-refractivity contribution in [1.82, 2.24) is 20.1 Å². The van der Waals surface area contributed by atoms with Gasteiger partial charge in [-0.2, -0.15) is 9.78 Å². The maximum atomic E-state index is 13.1. The number of aliphatic hydroxyl groups excluding tert-OH is 1. The highest BCUT2D eigenvalue weighted by Gasteiger charge is 2.31. The first-order chi connectivity index (χ1) is 16.2. The number of carbonyl (C=O) groups excluding carboxylic acids is 1. The number of amides is 1. The van der Waals surface area contributed by atoms with E-state index in [0.717, 1.165) is 29.7 Å². The van der Waals surface area contributed by atoms with Gasteiger partial charge in [-0.25, -0.2) is 0 Å². The SMILES string of the molecule is O=C(NC1CCCCC1O)c1cc(-c2ccc(OC(F)(F)F)cc2)nn(-c2cccnc2)c1=O. The molecule has 0 saturated heterocycles. The van der Waals surface area contributed by atoms with Crippen LogP contribution in [0.3, 0.4) is 0 Å². The Morgan fingerprint density at radius 3 is 2.53 bits per heavy atom. The van der Waals surface area contributed by atoms with Crippen molar-refractivity contribution in [3.05, 3.63) is 70.8 Å². The van der Waals surface area contributed by atoms with Gasteiger partial charge < -0.3 is 15.2 Å². The zero-order valence-electron chi connectivity index (χ0n) is 17.8. The molecule has 1 amide bonds. The number of hydrogen-bond acceptors (Lipinski definition) is 6. The number of benzene rings is 1. The summed E-state index contributed by atoms with van der Waals surface area (Å²) in [5.74, 6) is -1.09. The maximum absolute atomic E-state index is 13.1. The molecule has 178 valence electrons. The summed E-state index contributed by atoms with van der Waals surface area (Å²) < 4.78 is 42.3. The predicted molar refractivity (Wildman–Crippen MR) is 115 cm³/mol. The van der Waals surface area contributed by atoms with Crippen molar-refractivity contribution < 1.29 is 27.8 Å². The zero-order chi connectivity index (χ0) is 24.3. The lowest BCUT2D eigenvalue weighted by Gasteiger charge is -2.28. The van der Waals surface area contributed by atoms with Crippen molar-refractivity contribution in [3.8, 4) is 22.7 Å². The highest BCUT2D eigenvalue weighted by Crippen LogP contribution is 2.26. The van der Waals surface area contributed by atoms with Gasteiger partial charge in [-0.1, -0.05) is 12.8 Å². The van der Waals surface area contributed by atoms with Crippen LogP contribution >= 0.6 is 0 Å². The number of ether oxygens (including phenoxy) is 1. The van der Waals surface area contributed by atoms with Crippen LogP contribution in [0.25, 0.3) is 16.9 Å². The van der Waals surface area contributed by atoms with Gasteiger partial charge in [0, 0.05) is 11.8 Å². The van der Waals surface area contributed by atoms with Crippen LogP contribution in [0.15, 0.2) is 59.7 Å². The first-order valence-electron chi connectivity index (χ1n) is 10.6. The largest absolute Gasteiger partial charge is 0.573 e. The van der Waals surface area contributed by atoms with Gasteiger partial charge >= 0.3 is 6.36 Å². The zero-order valence-corrected chi connectivity index (χ0v) is 17.8. The first kappa shape index (κ1) is 23.4. The summed E-state index contributed by atoms with van der Waals surface area (Å²) in [7, 11) is 0. The molecule has 2 N–H and O–H groups in total. The fraction of sp³-hybridized carbons (Fsp3) is 0.304. The third-order valence-electron chi connectivity index (χ3n) is 5.48. The van der Waals surface area contributed by atoms with Gasteiger partial charge in [0.2, 0.25) is 0 Å². The minimum absolute atomic E-state index is 0.177. The molecule has 0 spiro atoms. The molecule has 0 radical (unpaired) electrons. The Kier molecular flexibility index (Phi) is 6.64. The predicted octanol–water partition coefficient (Wildman–Crippen LogP) is 3.23. The number of nitrogens with one attached hydrogen (secondary N) is 1. The fourth-order valence-electron chi connectivity index (χ4n) is 3.81. The number of carbonyl (C=O) groups is 1. The number of pyridine rings is 1. The summed E-state index contributed by atoms with van der Waals surface area (Å²) in [6, 6.07) is 8.88. The van der Waals surface area contributed by atoms with Crippen LogP contribution in [0.5, 0.6) is 5.75 Å². The van der Waals surface area contributed by atoms with E-state index in [2.05, 4.69) is 20.1 Å². The quantitative estimate of drug-likeness (QED) is 0.588. The van der Waals surface area contributed by atoms with E-state index in [4.69, 9.17) is 0 Å². The summed E-state index contributed by atoms with van der Waals surface area (Å²) in [6.07, 6.45) is 0.204. The van der Waals surface area contributed by atoms with Crippen molar-refractivity contribution in [2.24, 2.45) is 0 Å². The second kappa shape index (κ2) is 9.64. The lowest BCUT2D eigenvalue weighted by molar-refractivity contribution is -0.274. The van der Waals surface area contributed by atoms with Gasteiger partial charge in [0.15, 0.2) is 0 Å². The molecule has 2 heterocycles. The summed E-state index contributed by atoms with van der Waals surface area (Å²) >= 11 is 0. The van der Waals surface area contributed by atoms with Crippen LogP contribution in [0.1, 0.15) is 36.0 Å². The van der Waals surface area contributed by atoms with Crippen molar-refractivity contribution in [2.45, 2.75) is 44.2 Å². The lowest BCUT2D eigenvalue weighted by atomic mass is 9.92. The average Bonchev–Trinajstić information content (AvgIpc) is 2.81. The minimum atomic E-state index is -4.83. The van der Waals surface area contributed by atoms with Crippen LogP contribution in [0.2, 0.25) is 0 Å². The molecule has 34 heavy (non-hydrogen) atoms. The van der Waals surface area contributed by atoms with Crippen molar-refractivity contribution in [1.29, 1.82) is 0 Å². The molecule has 1 aliphatic rings. The molecule has 1 aromatic carbocycles. The fourth-order valence-corrected chi connectivity index (χ4v) is 3.81. The Hall–Kier alpha value is -3.73. The highest BCUT2D eigenvalue weighted by molar-refractivity contribution is 5.95. The number of alkyl halides is 3. The second-order valence-corrected chi connectivity index (χ2v) is 7.88. The Balaban J connectivity index is 1.73. The first-order valence-corrected chi connectivity index (χ1v) is 10.6. The van der Waals surface area contributed by atoms with Gasteiger partial charge in [-0.05, 0) is 55.3 Å². The molecule has 3 aromatic rings. The van der Waals surface area contributed by atoms with E-state index in [-0.39, 0.29) is 11.3 Å². The molecule has 1 fully saturated rings. The number of hydrogen-bond donors (Lipinski definition) is 2. The highest BCUT2D eigenvalue weighted by atomic mass is 19.4. The van der Waals surface area contributed by atoms with E-state index < -0.39 is 35.7 Å². The van der Waals surface area contributed by atoms with E-state index in [1.54, 1.807) is 12.1 Å². The van der Waals surface area contributed by atoms with Crippen LogP contribution in [-0.2, 0) is 0 Å². The smallest absolute Gasteiger partial charge is 0.406 e. The maximum Gasteiger partial charge on any atom is 0.573 e. The molecular weight excluding hydrogens is 453 g/mol. The average molecular weight is 474 g/mol. The monoisotopic (exact) mass is 474 g/mol. The van der Waals surface area contributed by atoms with Gasteiger partial charge in [-0.15, -0.1) is 13.2 Å². The van der Waals surface area contributed by atoms with E-state index in [9.17, 15) is 27.9 Å². The third-order valence-corrected chi connectivity index (χ3v) is 5.48. The summed E-state index contributed by atoms with van der Waals surface area (Å²) in [6.45, 7) is 0. The topological polar surface area (TPSA) is 106 Å². The molecule has 8 nitrogen and oxygen atoms in total. The molecule has 2 unspecified atom stereocenters. The molecule has 11 heteroatoms. The Morgan fingerprint density at radius 1 is 1.15 bits per heavy atom. The van der Waals surface area contributed by atoms with Crippen molar-refractivity contribution in [3.63, 3.8) is 0 Å². The Bertz CT molecular complexity index is 1210. The van der Waals surface area contributed by atoms with E-state index in [1.165, 1.54) is 30.6 Å². The summed E-state index contributed by atoms with van der Waals surface area (Å²) in [4.78, 5) is 30.1. The van der Waals surface area contributed by atoms with E-state index >= 15 is 0 Å². The summed E-state index contributed by atoms with van der Waals surface area (Å²) in [5, 5.41) is 17.2. The normalized spacial score (nSPS) is 18.4. The Morgan fingerprint density at radius 2 is 1.88 bits per heavy atom.